The lowest BCUT2D eigenvalue weighted by Gasteiger charge is -2.02. The number of halogens is 3. The van der Waals surface area contributed by atoms with Crippen LogP contribution in [0.5, 0.6) is 0 Å². The number of aliphatic imine (C=N–C) groups is 1. The van der Waals surface area contributed by atoms with Crippen molar-refractivity contribution in [2.45, 2.75) is 6.18 Å². The molecule has 0 radical (unpaired) electrons. The molecule has 0 amide bonds. The van der Waals surface area contributed by atoms with Gasteiger partial charge in [-0.2, -0.15) is 13.2 Å². The number of carbonyl (C=O) groups excluding carboxylic acids is 1. The number of rotatable bonds is 2. The average molecular weight is 180 g/mol. The first-order valence-corrected chi connectivity index (χ1v) is 2.89. The predicted octanol–water partition coefficient (Wildman–Crippen LogP) is 0.661. The van der Waals surface area contributed by atoms with Crippen molar-refractivity contribution in [2.75, 3.05) is 7.05 Å². The van der Waals surface area contributed by atoms with E-state index in [1.807, 2.05) is 0 Å². The number of hydrogen-bond donors (Lipinski definition) is 1. The van der Waals surface area contributed by atoms with Crippen molar-refractivity contribution in [3.8, 4) is 0 Å². The molecule has 0 atom stereocenters. The second-order valence-electron chi connectivity index (χ2n) is 1.86. The van der Waals surface area contributed by atoms with Crippen LogP contribution in [0.4, 0.5) is 13.2 Å². The Kier molecular flexibility index (Phi) is 3.46. The maximum Gasteiger partial charge on any atom is 0.456 e. The van der Waals surface area contributed by atoms with Gasteiger partial charge in [-0.1, -0.05) is 0 Å². The lowest BCUT2D eigenvalue weighted by molar-refractivity contribution is -0.166. The fraction of sp³-hybridized carbons (Fsp3) is 0.333. The highest BCUT2D eigenvalue weighted by Gasteiger charge is 2.39. The van der Waals surface area contributed by atoms with Crippen molar-refractivity contribution in [3.63, 3.8) is 0 Å². The molecule has 68 valence electrons. The van der Waals surface area contributed by atoms with Gasteiger partial charge in [0.1, 0.15) is 0 Å². The number of nitrogens with zero attached hydrogens (tertiary/aromatic N) is 1. The van der Waals surface area contributed by atoms with E-state index in [2.05, 4.69) is 4.99 Å². The second-order valence-corrected chi connectivity index (χ2v) is 1.86. The van der Waals surface area contributed by atoms with Crippen LogP contribution in [0, 0.1) is 0 Å². The SMILES string of the molecule is CN=CC=C(N)C(=O)C(F)(F)F. The summed E-state index contributed by atoms with van der Waals surface area (Å²) in [5, 5.41) is 0. The lowest BCUT2D eigenvalue weighted by Crippen LogP contribution is -2.28. The summed E-state index contributed by atoms with van der Waals surface area (Å²) in [4.78, 5) is 13.6. The number of ketones is 1. The van der Waals surface area contributed by atoms with Crippen molar-refractivity contribution < 1.29 is 18.0 Å². The molecule has 0 fully saturated rings. The smallest absolute Gasteiger partial charge is 0.396 e. The van der Waals surface area contributed by atoms with Gasteiger partial charge in [-0.25, -0.2) is 0 Å². The van der Waals surface area contributed by atoms with E-state index in [9.17, 15) is 18.0 Å². The molecule has 0 bridgehead atoms. The van der Waals surface area contributed by atoms with E-state index >= 15 is 0 Å². The Morgan fingerprint density at radius 1 is 1.50 bits per heavy atom. The highest BCUT2D eigenvalue weighted by Crippen LogP contribution is 2.18. The van der Waals surface area contributed by atoms with Gasteiger partial charge in [-0.3, -0.25) is 9.79 Å². The summed E-state index contributed by atoms with van der Waals surface area (Å²) in [6.07, 6.45) is -3.10. The van der Waals surface area contributed by atoms with Crippen molar-refractivity contribution in [1.82, 2.24) is 0 Å². The summed E-state index contributed by atoms with van der Waals surface area (Å²) >= 11 is 0. The van der Waals surface area contributed by atoms with Gasteiger partial charge in [0.2, 0.25) is 0 Å². The zero-order chi connectivity index (χ0) is 9.78. The Bertz CT molecular complexity index is 229. The third-order valence-electron chi connectivity index (χ3n) is 0.923. The van der Waals surface area contributed by atoms with Gasteiger partial charge in [0.15, 0.2) is 0 Å². The standard InChI is InChI=1S/C6H7F3N2O/c1-11-3-2-4(10)5(12)6(7,8)9/h2-3H,10H2,1H3. The van der Waals surface area contributed by atoms with Gasteiger partial charge < -0.3 is 5.73 Å². The first kappa shape index (κ1) is 10.7. The zero-order valence-corrected chi connectivity index (χ0v) is 6.22. The van der Waals surface area contributed by atoms with Gasteiger partial charge in [-0.15, -0.1) is 0 Å². The molecule has 6 heteroatoms. The van der Waals surface area contributed by atoms with Crippen LogP contribution in [-0.2, 0) is 4.79 Å². The summed E-state index contributed by atoms with van der Waals surface area (Å²) in [6, 6.07) is 0. The minimum absolute atomic E-state index is 0.801. The van der Waals surface area contributed by atoms with E-state index in [1.165, 1.54) is 7.05 Å². The molecule has 0 unspecified atom stereocenters. The third-order valence-corrected chi connectivity index (χ3v) is 0.923. The Balaban J connectivity index is 4.51. The summed E-state index contributed by atoms with van der Waals surface area (Å²) in [5.74, 6) is -2.05. The van der Waals surface area contributed by atoms with Crippen LogP contribution >= 0.6 is 0 Å². The minimum Gasteiger partial charge on any atom is -0.396 e. The van der Waals surface area contributed by atoms with Crippen LogP contribution in [0.1, 0.15) is 0 Å². The van der Waals surface area contributed by atoms with Crippen molar-refractivity contribution in [3.05, 3.63) is 11.8 Å². The molecule has 0 aromatic carbocycles. The molecular weight excluding hydrogens is 173 g/mol. The highest BCUT2D eigenvalue weighted by atomic mass is 19.4. The maximum atomic E-state index is 11.6. The molecule has 0 rings (SSSR count). The summed E-state index contributed by atoms with van der Waals surface area (Å²) in [6.45, 7) is 0. The van der Waals surface area contributed by atoms with E-state index in [4.69, 9.17) is 5.73 Å². The summed E-state index contributed by atoms with van der Waals surface area (Å²) < 4.78 is 34.8. The summed E-state index contributed by atoms with van der Waals surface area (Å²) in [5.41, 5.74) is 3.92. The summed E-state index contributed by atoms with van der Waals surface area (Å²) in [7, 11) is 1.35. The monoisotopic (exact) mass is 180 g/mol. The zero-order valence-electron chi connectivity index (χ0n) is 6.22. The van der Waals surface area contributed by atoms with Crippen LogP contribution in [0.25, 0.3) is 0 Å². The quantitative estimate of drug-likeness (QED) is 0.501. The van der Waals surface area contributed by atoms with Gasteiger partial charge in [0, 0.05) is 13.3 Å². The molecule has 12 heavy (non-hydrogen) atoms. The number of carbonyl (C=O) groups is 1. The molecule has 0 aromatic heterocycles. The first-order valence-electron chi connectivity index (χ1n) is 2.89. The highest BCUT2D eigenvalue weighted by molar-refractivity contribution is 6.01. The van der Waals surface area contributed by atoms with E-state index in [1.54, 1.807) is 0 Å². The molecule has 0 aliphatic heterocycles. The Hall–Kier alpha value is -1.33. The first-order chi connectivity index (χ1) is 5.39. The molecule has 0 saturated heterocycles. The molecular formula is C6H7F3N2O. The molecule has 2 N–H and O–H groups in total. The van der Waals surface area contributed by atoms with Crippen LogP contribution in [0.2, 0.25) is 0 Å². The lowest BCUT2D eigenvalue weighted by atomic mass is 10.3. The number of alkyl halides is 3. The average Bonchev–Trinajstić information content (AvgIpc) is 1.97. The number of hydrogen-bond acceptors (Lipinski definition) is 3. The molecule has 0 aliphatic rings. The van der Waals surface area contributed by atoms with Crippen molar-refractivity contribution >= 4 is 12.0 Å². The largest absolute Gasteiger partial charge is 0.456 e. The van der Waals surface area contributed by atoms with Crippen LogP contribution in [-0.4, -0.2) is 25.2 Å². The topological polar surface area (TPSA) is 55.4 Å². The van der Waals surface area contributed by atoms with Gasteiger partial charge in [0.25, 0.3) is 5.78 Å². The van der Waals surface area contributed by atoms with Crippen LogP contribution in [0.15, 0.2) is 16.8 Å². The Morgan fingerprint density at radius 2 is 2.00 bits per heavy atom. The molecule has 0 aromatic rings. The molecule has 3 nitrogen and oxygen atoms in total. The number of nitrogens with two attached hydrogens (primary N) is 1. The van der Waals surface area contributed by atoms with Gasteiger partial charge in [-0.05, 0) is 6.08 Å². The van der Waals surface area contributed by atoms with Crippen LogP contribution < -0.4 is 5.73 Å². The van der Waals surface area contributed by atoms with E-state index < -0.39 is 17.7 Å². The van der Waals surface area contributed by atoms with Crippen LogP contribution in [0.3, 0.4) is 0 Å². The van der Waals surface area contributed by atoms with E-state index in [-0.39, 0.29) is 0 Å². The van der Waals surface area contributed by atoms with Gasteiger partial charge in [0.05, 0.1) is 5.70 Å². The molecule has 0 spiro atoms. The predicted molar refractivity (Wildman–Crippen MR) is 37.7 cm³/mol. The maximum absolute atomic E-state index is 11.6. The second kappa shape index (κ2) is 3.89. The Labute approximate surface area is 66.8 Å². The Morgan fingerprint density at radius 3 is 2.33 bits per heavy atom. The fourth-order valence-corrected chi connectivity index (χ4v) is 0.394. The van der Waals surface area contributed by atoms with Gasteiger partial charge >= 0.3 is 6.18 Å². The van der Waals surface area contributed by atoms with Crippen molar-refractivity contribution in [2.24, 2.45) is 10.7 Å². The molecule has 0 heterocycles. The van der Waals surface area contributed by atoms with Crippen molar-refractivity contribution in [1.29, 1.82) is 0 Å². The number of Topliss-reactive ketones (excluding diaryl/α,β-unsaturated/α-hetero) is 1. The fourth-order valence-electron chi connectivity index (χ4n) is 0.394. The number of allylic oxidation sites excluding steroid dienone is 2. The minimum atomic E-state index is -4.91. The molecule has 0 aliphatic carbocycles. The van der Waals surface area contributed by atoms with E-state index in [0.717, 1.165) is 12.3 Å². The normalized spacial score (nSPS) is 13.8. The molecule has 0 saturated carbocycles. The van der Waals surface area contributed by atoms with E-state index in [0.29, 0.717) is 0 Å². The third kappa shape index (κ3) is 3.18.